The molecule has 0 amide bonds. The van der Waals surface area contributed by atoms with E-state index >= 15 is 0 Å². The van der Waals surface area contributed by atoms with Crippen LogP contribution in [-0.2, 0) is 16.6 Å². The summed E-state index contributed by atoms with van der Waals surface area (Å²) in [7, 11) is 0. The molecule has 0 aromatic carbocycles. The molecule has 7 nitrogen and oxygen atoms in total. The zero-order valence-electron chi connectivity index (χ0n) is 22.4. The molecule has 2 aliphatic heterocycles. The molecule has 1 saturated heterocycles. The molecule has 0 N–H and O–H groups in total. The monoisotopic (exact) mass is 751 g/mol. The number of piperidine rings is 1. The normalized spacial score (nSPS) is 29.6. The molecular formula is C28H46BrN7Os-3. The Morgan fingerprint density at radius 2 is 1.46 bits per heavy atom. The molecule has 9 heteroatoms. The Labute approximate surface area is 242 Å². The van der Waals surface area contributed by atoms with Crippen LogP contribution in [0.1, 0.15) is 109 Å². The summed E-state index contributed by atoms with van der Waals surface area (Å²) in [6.45, 7) is 1.72. The molecular weight excluding hydrogens is 704 g/mol. The second-order valence-electron chi connectivity index (χ2n) is 10.8. The summed E-state index contributed by atoms with van der Waals surface area (Å²) in [5.41, 5.74) is 0. The minimum atomic E-state index is 0.200. The SMILES string of the molecule is C1=CC[N-]C(N=NC2CCCCC2[N-]C2CCCCC2)=C1.C1CCC(N=NC2CCCC[N-]2)CC1.[Br][Os]. The fourth-order valence-corrected chi connectivity index (χ4v) is 5.75. The number of rotatable bonds is 6. The van der Waals surface area contributed by atoms with Crippen molar-refractivity contribution in [1.29, 1.82) is 0 Å². The van der Waals surface area contributed by atoms with Gasteiger partial charge in [0.1, 0.15) is 0 Å². The number of hydrogen-bond acceptors (Lipinski definition) is 4. The summed E-state index contributed by atoms with van der Waals surface area (Å²) in [5, 5.41) is 31.7. The molecule has 3 saturated carbocycles. The van der Waals surface area contributed by atoms with Gasteiger partial charge in [-0.3, -0.25) is 5.11 Å². The molecule has 2 heterocycles. The van der Waals surface area contributed by atoms with E-state index in [-0.39, 0.29) is 12.2 Å². The fraction of sp³-hybridized carbons (Fsp3) is 0.857. The first-order chi connectivity index (χ1) is 18.4. The predicted octanol–water partition coefficient (Wildman–Crippen LogP) is 9.74. The van der Waals surface area contributed by atoms with Gasteiger partial charge in [-0.05, 0) is 44.2 Å². The van der Waals surface area contributed by atoms with E-state index < -0.39 is 0 Å². The summed E-state index contributed by atoms with van der Waals surface area (Å²) in [5.74, 6) is 0.763. The molecule has 3 unspecified atom stereocenters. The second-order valence-corrected chi connectivity index (χ2v) is 10.8. The third-order valence-corrected chi connectivity index (χ3v) is 7.87. The van der Waals surface area contributed by atoms with Gasteiger partial charge in [0, 0.05) is 6.04 Å². The molecule has 37 heavy (non-hydrogen) atoms. The van der Waals surface area contributed by atoms with Crippen molar-refractivity contribution in [3.63, 3.8) is 0 Å². The van der Waals surface area contributed by atoms with Crippen LogP contribution in [0.2, 0.25) is 0 Å². The fourth-order valence-electron chi connectivity index (χ4n) is 5.75. The van der Waals surface area contributed by atoms with E-state index in [4.69, 9.17) is 5.32 Å². The number of halogens is 1. The molecule has 3 atom stereocenters. The molecule has 0 aromatic heterocycles. The van der Waals surface area contributed by atoms with Gasteiger partial charge in [0.15, 0.2) is 0 Å². The van der Waals surface area contributed by atoms with Crippen LogP contribution in [0.15, 0.2) is 44.5 Å². The van der Waals surface area contributed by atoms with Gasteiger partial charge in [-0.15, -0.1) is 18.6 Å². The molecule has 0 radical (unpaired) electrons. The first kappa shape index (κ1) is 31.0. The van der Waals surface area contributed by atoms with Gasteiger partial charge < -0.3 is 21.1 Å². The van der Waals surface area contributed by atoms with Gasteiger partial charge in [0.25, 0.3) is 0 Å². The van der Waals surface area contributed by atoms with Crippen molar-refractivity contribution >= 4 is 13.6 Å². The van der Waals surface area contributed by atoms with Crippen LogP contribution in [0.4, 0.5) is 0 Å². The van der Waals surface area contributed by atoms with Crippen molar-refractivity contribution in [2.75, 3.05) is 13.1 Å². The van der Waals surface area contributed by atoms with Gasteiger partial charge >= 0.3 is 30.2 Å². The number of hydrogen-bond donors (Lipinski definition) is 0. The molecule has 0 spiro atoms. The van der Waals surface area contributed by atoms with Crippen LogP contribution in [0.3, 0.4) is 0 Å². The van der Waals surface area contributed by atoms with Crippen molar-refractivity contribution < 1.29 is 16.6 Å². The van der Waals surface area contributed by atoms with Crippen molar-refractivity contribution in [2.45, 2.75) is 139 Å². The molecule has 0 bridgehead atoms. The summed E-state index contributed by atoms with van der Waals surface area (Å²) < 4.78 is 0. The topological polar surface area (TPSA) is 91.7 Å². The number of allylic oxidation sites excluding steroid dienone is 2. The molecule has 4 fully saturated rings. The van der Waals surface area contributed by atoms with Gasteiger partial charge in [-0.1, -0.05) is 102 Å². The van der Waals surface area contributed by atoms with Gasteiger partial charge in [0.2, 0.25) is 0 Å². The summed E-state index contributed by atoms with van der Waals surface area (Å²) in [6.07, 6.45) is 27.9. The Hall–Kier alpha value is -0.484. The van der Waals surface area contributed by atoms with Gasteiger partial charge in [-0.25, -0.2) is 5.11 Å². The average molecular weight is 751 g/mol. The molecule has 211 valence electrons. The zero-order valence-corrected chi connectivity index (χ0v) is 26.5. The maximum absolute atomic E-state index is 5.12. The Bertz CT molecular complexity index is 691. The average Bonchev–Trinajstić information content (AvgIpc) is 2.99. The third-order valence-electron chi connectivity index (χ3n) is 7.87. The minimum absolute atomic E-state index is 0.200. The number of nitrogens with zero attached hydrogens (tertiary/aromatic N) is 7. The van der Waals surface area contributed by atoms with Gasteiger partial charge in [0.05, 0.1) is 6.04 Å². The molecule has 5 rings (SSSR count). The van der Waals surface area contributed by atoms with Crippen LogP contribution in [0, 0.1) is 0 Å². The first-order valence-electron chi connectivity index (χ1n) is 14.7. The summed E-state index contributed by atoms with van der Waals surface area (Å²) >= 11 is 4.64. The van der Waals surface area contributed by atoms with Crippen molar-refractivity contribution in [3.05, 3.63) is 40.0 Å². The van der Waals surface area contributed by atoms with Gasteiger partial charge in [-0.2, -0.15) is 5.11 Å². The summed E-state index contributed by atoms with van der Waals surface area (Å²) in [4.78, 5) is 0. The van der Waals surface area contributed by atoms with E-state index in [1.165, 1.54) is 96.3 Å². The third kappa shape index (κ3) is 12.5. The van der Waals surface area contributed by atoms with Crippen LogP contribution in [0.5, 0.6) is 0 Å². The molecule has 5 aliphatic rings. The summed E-state index contributed by atoms with van der Waals surface area (Å²) in [6, 6.07) is 1.77. The van der Waals surface area contributed by atoms with Crippen LogP contribution in [-0.4, -0.2) is 43.4 Å². The van der Waals surface area contributed by atoms with Crippen molar-refractivity contribution in [2.24, 2.45) is 20.5 Å². The first-order valence-corrected chi connectivity index (χ1v) is 20.3. The number of azo groups is 2. The predicted molar refractivity (Wildman–Crippen MR) is 153 cm³/mol. The zero-order chi connectivity index (χ0) is 26.0. The van der Waals surface area contributed by atoms with Crippen LogP contribution in [0.25, 0.3) is 16.0 Å². The van der Waals surface area contributed by atoms with Crippen molar-refractivity contribution in [3.8, 4) is 0 Å². The van der Waals surface area contributed by atoms with Crippen molar-refractivity contribution in [1.82, 2.24) is 0 Å². The van der Waals surface area contributed by atoms with E-state index in [9.17, 15) is 0 Å². The standard InChI is InChI=1S/C17H26N4.C11H20N3.BrH.Os/c1-2-8-14(9-3-1)19-15-10-4-5-11-16(15)20-21-17-12-6-7-13-18-17;1-2-6-10(7-3-1)13-14-11-8-4-5-9-12-11;;/h6-7,12,14-16H,1-5,8-11,13H2;10-11H,1-9H2;1H;/q-2;-1;;+1/p-1. The quantitative estimate of drug-likeness (QED) is 0.242. The molecule has 3 aliphatic carbocycles. The maximum atomic E-state index is 5.12. The molecule has 0 aromatic rings. The van der Waals surface area contributed by atoms with E-state index in [0.717, 1.165) is 31.8 Å². The van der Waals surface area contributed by atoms with E-state index in [1.807, 2.05) is 18.2 Å². The second kappa shape index (κ2) is 19.6. The van der Waals surface area contributed by atoms with E-state index in [1.54, 1.807) is 16.6 Å². The van der Waals surface area contributed by atoms with Crippen LogP contribution < -0.4 is 0 Å². The van der Waals surface area contributed by atoms with E-state index in [2.05, 4.69) is 44.6 Å². The Morgan fingerprint density at radius 3 is 2.16 bits per heavy atom. The van der Waals surface area contributed by atoms with E-state index in [0.29, 0.717) is 18.1 Å². The Morgan fingerprint density at radius 1 is 0.757 bits per heavy atom. The van der Waals surface area contributed by atoms with Crippen LogP contribution >= 0.6 is 13.6 Å². The Kier molecular flexibility index (Phi) is 16.4. The Balaban J connectivity index is 0.000000207.